The van der Waals surface area contributed by atoms with Gasteiger partial charge in [0.15, 0.2) is 0 Å². The molecule has 4 aliphatic carbocycles. The zero-order chi connectivity index (χ0) is 17.7. The molecule has 1 unspecified atom stereocenters. The van der Waals surface area contributed by atoms with Gasteiger partial charge in [-0.05, 0) is 85.0 Å². The van der Waals surface area contributed by atoms with Crippen molar-refractivity contribution in [1.82, 2.24) is 0 Å². The van der Waals surface area contributed by atoms with Crippen LogP contribution in [0.4, 0.5) is 0 Å². The Bertz CT molecular complexity index is 603. The maximum atomic E-state index is 11.5. The van der Waals surface area contributed by atoms with Gasteiger partial charge in [0, 0.05) is 6.08 Å². The Labute approximate surface area is 153 Å². The van der Waals surface area contributed by atoms with Gasteiger partial charge in [-0.1, -0.05) is 38.8 Å². The van der Waals surface area contributed by atoms with E-state index in [0.717, 1.165) is 23.7 Å². The van der Waals surface area contributed by atoms with Crippen LogP contribution in [0.25, 0.3) is 0 Å². The van der Waals surface area contributed by atoms with E-state index in [2.05, 4.69) is 19.9 Å². The van der Waals surface area contributed by atoms with Crippen molar-refractivity contribution in [3.8, 4) is 0 Å². The summed E-state index contributed by atoms with van der Waals surface area (Å²) in [7, 11) is 1.45. The van der Waals surface area contributed by atoms with Gasteiger partial charge in [0.2, 0.25) is 0 Å². The van der Waals surface area contributed by atoms with E-state index in [-0.39, 0.29) is 11.4 Å². The Morgan fingerprint density at radius 3 is 2.76 bits per heavy atom. The second-order valence-corrected chi connectivity index (χ2v) is 9.61. The smallest absolute Gasteiger partial charge is 0.330 e. The van der Waals surface area contributed by atoms with Crippen molar-refractivity contribution in [3.63, 3.8) is 0 Å². The molecule has 3 fully saturated rings. The molecular weight excluding hydrogens is 308 g/mol. The number of esters is 1. The summed E-state index contributed by atoms with van der Waals surface area (Å²) < 4.78 is 4.78. The number of hydrogen-bond donors (Lipinski definition) is 0. The third kappa shape index (κ3) is 2.62. The minimum absolute atomic E-state index is 0.239. The maximum Gasteiger partial charge on any atom is 0.330 e. The van der Waals surface area contributed by atoms with Gasteiger partial charge in [0.1, 0.15) is 0 Å². The standard InChI is InChI=1S/C23H34O2/c1-22-14-5-4-6-16(22)7-10-18-19-11-8-17(9-12-21(24)25-3)23(19,2)15-13-20(18)22/h8-9,12,16,18-20H,4-7,10-11,13-15H2,1-3H3/b12-9+/t16?,18-,19-,20-,22-,23+/m0/s1. The van der Waals surface area contributed by atoms with E-state index in [1.54, 1.807) is 6.08 Å². The summed E-state index contributed by atoms with van der Waals surface area (Å²) in [6, 6.07) is 0. The Balaban J connectivity index is 1.56. The van der Waals surface area contributed by atoms with Crippen LogP contribution in [-0.2, 0) is 9.53 Å². The van der Waals surface area contributed by atoms with E-state index < -0.39 is 0 Å². The molecule has 0 heterocycles. The average molecular weight is 343 g/mol. The highest BCUT2D eigenvalue weighted by atomic mass is 16.5. The lowest BCUT2D eigenvalue weighted by molar-refractivity contribution is -0.134. The molecule has 2 heteroatoms. The van der Waals surface area contributed by atoms with E-state index in [4.69, 9.17) is 4.74 Å². The van der Waals surface area contributed by atoms with Crippen LogP contribution in [0.3, 0.4) is 0 Å². The van der Waals surface area contributed by atoms with Crippen LogP contribution in [0.5, 0.6) is 0 Å². The average Bonchev–Trinajstić information content (AvgIpc) is 2.95. The molecule has 3 saturated carbocycles. The number of carbonyl (C=O) groups excluding carboxylic acids is 1. The SMILES string of the molecule is COC(=O)/C=C/C1=CC[C@H]2[C@@H]3CCC4CCCC[C@]4(C)[C@H]3CC[C@]12C. The first-order valence-electron chi connectivity index (χ1n) is 10.5. The Morgan fingerprint density at radius 2 is 1.96 bits per heavy atom. The van der Waals surface area contributed by atoms with E-state index in [1.165, 1.54) is 70.5 Å². The Morgan fingerprint density at radius 1 is 1.12 bits per heavy atom. The number of hydrogen-bond acceptors (Lipinski definition) is 2. The molecule has 2 nitrogen and oxygen atoms in total. The molecule has 138 valence electrons. The molecule has 0 aromatic rings. The number of ether oxygens (including phenoxy) is 1. The molecule has 0 bridgehead atoms. The lowest BCUT2D eigenvalue weighted by atomic mass is 9.45. The van der Waals surface area contributed by atoms with E-state index in [1.807, 2.05) is 6.08 Å². The van der Waals surface area contributed by atoms with Gasteiger partial charge >= 0.3 is 5.97 Å². The zero-order valence-electron chi connectivity index (χ0n) is 16.2. The first kappa shape index (κ1) is 17.4. The van der Waals surface area contributed by atoms with Gasteiger partial charge in [0.05, 0.1) is 7.11 Å². The molecule has 0 aromatic heterocycles. The summed E-state index contributed by atoms with van der Waals surface area (Å²) in [4.78, 5) is 11.5. The summed E-state index contributed by atoms with van der Waals surface area (Å²) in [5.74, 6) is 3.35. The first-order valence-corrected chi connectivity index (χ1v) is 10.5. The molecule has 0 spiro atoms. The van der Waals surface area contributed by atoms with Crippen LogP contribution in [0.15, 0.2) is 23.8 Å². The lowest BCUT2D eigenvalue weighted by Gasteiger charge is -2.60. The topological polar surface area (TPSA) is 26.3 Å². The van der Waals surface area contributed by atoms with Crippen molar-refractivity contribution in [2.24, 2.45) is 34.5 Å². The molecule has 0 amide bonds. The molecule has 6 atom stereocenters. The molecule has 0 aliphatic heterocycles. The van der Waals surface area contributed by atoms with Crippen LogP contribution in [0.1, 0.15) is 71.6 Å². The quantitative estimate of drug-likeness (QED) is 0.476. The minimum Gasteiger partial charge on any atom is -0.466 e. The van der Waals surface area contributed by atoms with Gasteiger partial charge < -0.3 is 4.74 Å². The van der Waals surface area contributed by atoms with Crippen LogP contribution >= 0.6 is 0 Å². The minimum atomic E-state index is -0.239. The second kappa shape index (κ2) is 6.28. The molecule has 4 aliphatic rings. The van der Waals surface area contributed by atoms with Crippen LogP contribution in [0, 0.1) is 34.5 Å². The Hall–Kier alpha value is -1.05. The predicted molar refractivity (Wildman–Crippen MR) is 101 cm³/mol. The number of carbonyl (C=O) groups is 1. The van der Waals surface area contributed by atoms with Crippen LogP contribution in [0.2, 0.25) is 0 Å². The van der Waals surface area contributed by atoms with Crippen molar-refractivity contribution in [2.45, 2.75) is 71.6 Å². The molecule has 0 aromatic carbocycles. The summed E-state index contributed by atoms with van der Waals surface area (Å²) in [5, 5.41) is 0. The summed E-state index contributed by atoms with van der Waals surface area (Å²) in [6.45, 7) is 5.10. The summed E-state index contributed by atoms with van der Waals surface area (Å²) in [6.07, 6.45) is 18.7. The largest absolute Gasteiger partial charge is 0.466 e. The summed E-state index contributed by atoms with van der Waals surface area (Å²) in [5.41, 5.74) is 2.26. The summed E-state index contributed by atoms with van der Waals surface area (Å²) >= 11 is 0. The zero-order valence-corrected chi connectivity index (χ0v) is 16.2. The van der Waals surface area contributed by atoms with Crippen molar-refractivity contribution < 1.29 is 9.53 Å². The van der Waals surface area contributed by atoms with E-state index in [0.29, 0.717) is 5.41 Å². The highest BCUT2D eigenvalue weighted by Crippen LogP contribution is 2.66. The van der Waals surface area contributed by atoms with Gasteiger partial charge in [0.25, 0.3) is 0 Å². The number of allylic oxidation sites excluding steroid dienone is 3. The fraction of sp³-hybridized carbons (Fsp3) is 0.783. The molecule has 0 radical (unpaired) electrons. The lowest BCUT2D eigenvalue weighted by Crippen LogP contribution is -2.52. The molecule has 0 saturated heterocycles. The van der Waals surface area contributed by atoms with Crippen LogP contribution < -0.4 is 0 Å². The second-order valence-electron chi connectivity index (χ2n) is 9.61. The van der Waals surface area contributed by atoms with Crippen molar-refractivity contribution in [3.05, 3.63) is 23.8 Å². The third-order valence-corrected chi connectivity index (χ3v) is 8.82. The van der Waals surface area contributed by atoms with Gasteiger partial charge in [-0.25, -0.2) is 4.79 Å². The third-order valence-electron chi connectivity index (χ3n) is 8.82. The molecule has 4 rings (SSSR count). The highest BCUT2D eigenvalue weighted by molar-refractivity contribution is 5.82. The monoisotopic (exact) mass is 342 g/mol. The predicted octanol–water partition coefficient (Wildman–Crippen LogP) is 5.68. The van der Waals surface area contributed by atoms with Crippen LogP contribution in [-0.4, -0.2) is 13.1 Å². The fourth-order valence-corrected chi connectivity index (χ4v) is 7.38. The van der Waals surface area contributed by atoms with E-state index in [9.17, 15) is 4.79 Å². The highest BCUT2D eigenvalue weighted by Gasteiger charge is 2.57. The normalized spacial score (nSPS) is 46.1. The maximum absolute atomic E-state index is 11.5. The van der Waals surface area contributed by atoms with Gasteiger partial charge in [-0.2, -0.15) is 0 Å². The number of fused-ring (bicyclic) bond motifs is 5. The number of rotatable bonds is 2. The van der Waals surface area contributed by atoms with Crippen molar-refractivity contribution >= 4 is 5.97 Å². The number of methoxy groups -OCH3 is 1. The fourth-order valence-electron chi connectivity index (χ4n) is 7.38. The van der Waals surface area contributed by atoms with Gasteiger partial charge in [-0.3, -0.25) is 0 Å². The van der Waals surface area contributed by atoms with Gasteiger partial charge in [-0.15, -0.1) is 0 Å². The Kier molecular flexibility index (Phi) is 4.37. The first-order chi connectivity index (χ1) is 12.0. The molecule has 25 heavy (non-hydrogen) atoms. The van der Waals surface area contributed by atoms with E-state index >= 15 is 0 Å². The molecule has 0 N–H and O–H groups in total. The van der Waals surface area contributed by atoms with Crippen molar-refractivity contribution in [1.29, 1.82) is 0 Å². The van der Waals surface area contributed by atoms with Crippen molar-refractivity contribution in [2.75, 3.05) is 7.11 Å². The molecular formula is C23H34O2.